The first kappa shape index (κ1) is 13.9. The van der Waals surface area contributed by atoms with E-state index in [1.54, 1.807) is 6.07 Å². The van der Waals surface area contributed by atoms with Crippen molar-refractivity contribution in [3.05, 3.63) is 59.4 Å². The Morgan fingerprint density at radius 2 is 1.95 bits per heavy atom. The minimum atomic E-state index is -4.40. The molecule has 0 aliphatic rings. The van der Waals surface area contributed by atoms with Gasteiger partial charge in [0.15, 0.2) is 0 Å². The first-order chi connectivity index (χ1) is 9.50. The van der Waals surface area contributed by atoms with Gasteiger partial charge in [-0.2, -0.15) is 18.4 Å². The Labute approximate surface area is 113 Å². The molecule has 102 valence electrons. The van der Waals surface area contributed by atoms with Crippen LogP contribution in [0.15, 0.2) is 42.6 Å². The minimum absolute atomic E-state index is 0.00956. The molecule has 0 saturated heterocycles. The summed E-state index contributed by atoms with van der Waals surface area (Å²) in [6.45, 7) is 0.185. The molecule has 1 aromatic carbocycles. The molecular weight excluding hydrogens is 267 g/mol. The summed E-state index contributed by atoms with van der Waals surface area (Å²) in [5.74, 6) is 0. The van der Waals surface area contributed by atoms with E-state index in [0.717, 1.165) is 6.07 Å². The first-order valence-electron chi connectivity index (χ1n) is 5.76. The van der Waals surface area contributed by atoms with Crippen LogP contribution in [-0.4, -0.2) is 4.98 Å². The quantitative estimate of drug-likeness (QED) is 0.932. The number of nitrogens with one attached hydrogen (secondary N) is 1. The smallest absolute Gasteiger partial charge is 0.380 e. The van der Waals surface area contributed by atoms with Gasteiger partial charge in [-0.3, -0.25) is 0 Å². The third kappa shape index (κ3) is 3.26. The molecule has 6 heteroatoms. The predicted octanol–water partition coefficient (Wildman–Crippen LogP) is 3.58. The molecule has 0 fully saturated rings. The van der Waals surface area contributed by atoms with Crippen molar-refractivity contribution in [3.63, 3.8) is 0 Å². The molecule has 0 saturated carbocycles. The van der Waals surface area contributed by atoms with Crippen molar-refractivity contribution >= 4 is 5.69 Å². The maximum absolute atomic E-state index is 12.8. The molecule has 0 atom stereocenters. The summed E-state index contributed by atoms with van der Waals surface area (Å²) in [6.07, 6.45) is -2.95. The van der Waals surface area contributed by atoms with E-state index in [9.17, 15) is 13.2 Å². The van der Waals surface area contributed by atoms with Crippen LogP contribution in [-0.2, 0) is 12.7 Å². The van der Waals surface area contributed by atoms with Gasteiger partial charge in [-0.05, 0) is 29.8 Å². The number of anilines is 1. The van der Waals surface area contributed by atoms with Gasteiger partial charge in [0.25, 0.3) is 0 Å². The lowest BCUT2D eigenvalue weighted by molar-refractivity contribution is -0.136. The zero-order valence-corrected chi connectivity index (χ0v) is 10.3. The van der Waals surface area contributed by atoms with Crippen LogP contribution in [0, 0.1) is 11.3 Å². The Hall–Kier alpha value is -2.55. The largest absolute Gasteiger partial charge is 0.418 e. The fraction of sp³-hybridized carbons (Fsp3) is 0.143. The molecule has 0 aliphatic carbocycles. The van der Waals surface area contributed by atoms with Crippen molar-refractivity contribution in [2.75, 3.05) is 5.32 Å². The number of nitrogens with zero attached hydrogens (tertiary/aromatic N) is 2. The van der Waals surface area contributed by atoms with Gasteiger partial charge >= 0.3 is 6.18 Å². The van der Waals surface area contributed by atoms with E-state index in [1.807, 2.05) is 6.07 Å². The number of rotatable bonds is 3. The van der Waals surface area contributed by atoms with Gasteiger partial charge in [0, 0.05) is 18.4 Å². The Balaban J connectivity index is 2.17. The molecule has 1 N–H and O–H groups in total. The average molecular weight is 277 g/mol. The Morgan fingerprint density at radius 3 is 2.65 bits per heavy atom. The Bertz CT molecular complexity index is 645. The van der Waals surface area contributed by atoms with E-state index >= 15 is 0 Å². The van der Waals surface area contributed by atoms with Gasteiger partial charge in [0.05, 0.1) is 5.56 Å². The van der Waals surface area contributed by atoms with E-state index in [1.165, 1.54) is 30.5 Å². The molecule has 20 heavy (non-hydrogen) atoms. The molecule has 2 rings (SSSR count). The van der Waals surface area contributed by atoms with Crippen LogP contribution in [0.3, 0.4) is 0 Å². The Kier molecular flexibility index (Phi) is 3.89. The maximum Gasteiger partial charge on any atom is 0.418 e. The number of aromatic nitrogens is 1. The summed E-state index contributed by atoms with van der Waals surface area (Å²) in [6, 6.07) is 10.3. The third-order valence-corrected chi connectivity index (χ3v) is 2.65. The van der Waals surface area contributed by atoms with E-state index in [-0.39, 0.29) is 17.9 Å². The summed E-state index contributed by atoms with van der Waals surface area (Å²) in [7, 11) is 0. The predicted molar refractivity (Wildman–Crippen MR) is 67.7 cm³/mol. The maximum atomic E-state index is 12.8. The number of alkyl halides is 3. The van der Waals surface area contributed by atoms with Crippen molar-refractivity contribution in [1.29, 1.82) is 5.26 Å². The SMILES string of the molecule is N#Cc1cc(CNc2ccccc2C(F)(F)F)ccn1. The lowest BCUT2D eigenvalue weighted by atomic mass is 10.1. The second-order valence-corrected chi connectivity index (χ2v) is 4.06. The van der Waals surface area contributed by atoms with Crippen LogP contribution in [0.25, 0.3) is 0 Å². The van der Waals surface area contributed by atoms with E-state index in [4.69, 9.17) is 5.26 Å². The van der Waals surface area contributed by atoms with Crippen molar-refractivity contribution < 1.29 is 13.2 Å². The lowest BCUT2D eigenvalue weighted by Crippen LogP contribution is -2.10. The monoisotopic (exact) mass is 277 g/mol. The number of halogens is 3. The zero-order valence-electron chi connectivity index (χ0n) is 10.3. The molecule has 2 aromatic rings. The van der Waals surface area contributed by atoms with Crippen molar-refractivity contribution in [1.82, 2.24) is 4.98 Å². The molecule has 0 amide bonds. The second kappa shape index (κ2) is 5.61. The van der Waals surface area contributed by atoms with Gasteiger partial charge in [-0.25, -0.2) is 4.98 Å². The standard InChI is InChI=1S/C14H10F3N3/c15-14(16,17)12-3-1-2-4-13(12)20-9-10-5-6-19-11(7-10)8-18/h1-7,20H,9H2. The van der Waals surface area contributed by atoms with Crippen LogP contribution >= 0.6 is 0 Å². The lowest BCUT2D eigenvalue weighted by Gasteiger charge is -2.14. The fourth-order valence-electron chi connectivity index (χ4n) is 1.73. The van der Waals surface area contributed by atoms with E-state index < -0.39 is 11.7 Å². The number of benzene rings is 1. The zero-order chi connectivity index (χ0) is 14.6. The third-order valence-electron chi connectivity index (χ3n) is 2.65. The van der Waals surface area contributed by atoms with Crippen LogP contribution in [0.2, 0.25) is 0 Å². The summed E-state index contributed by atoms with van der Waals surface area (Å²) < 4.78 is 38.4. The summed E-state index contributed by atoms with van der Waals surface area (Å²) in [5, 5.41) is 11.4. The number of nitriles is 1. The first-order valence-corrected chi connectivity index (χ1v) is 5.76. The van der Waals surface area contributed by atoms with Crippen molar-refractivity contribution in [2.45, 2.75) is 12.7 Å². The number of hydrogen-bond donors (Lipinski definition) is 1. The minimum Gasteiger partial charge on any atom is -0.380 e. The highest BCUT2D eigenvalue weighted by molar-refractivity contribution is 5.52. The molecule has 1 aromatic heterocycles. The molecule has 0 unspecified atom stereocenters. The van der Waals surface area contributed by atoms with Crippen molar-refractivity contribution in [3.8, 4) is 6.07 Å². The Morgan fingerprint density at radius 1 is 1.20 bits per heavy atom. The van der Waals surface area contributed by atoms with Gasteiger partial charge in [0.1, 0.15) is 11.8 Å². The van der Waals surface area contributed by atoms with Crippen LogP contribution < -0.4 is 5.32 Å². The van der Waals surface area contributed by atoms with Gasteiger partial charge in [0.2, 0.25) is 0 Å². The van der Waals surface area contributed by atoms with E-state index in [2.05, 4.69) is 10.3 Å². The number of para-hydroxylation sites is 1. The van der Waals surface area contributed by atoms with Crippen LogP contribution in [0.4, 0.5) is 18.9 Å². The highest BCUT2D eigenvalue weighted by Gasteiger charge is 2.32. The number of hydrogen-bond acceptors (Lipinski definition) is 3. The molecule has 0 radical (unpaired) electrons. The summed E-state index contributed by atoms with van der Waals surface area (Å²) in [5.41, 5.74) is 0.215. The summed E-state index contributed by atoms with van der Waals surface area (Å²) >= 11 is 0. The fourth-order valence-corrected chi connectivity index (χ4v) is 1.73. The second-order valence-electron chi connectivity index (χ2n) is 4.06. The van der Waals surface area contributed by atoms with Crippen molar-refractivity contribution in [2.24, 2.45) is 0 Å². The van der Waals surface area contributed by atoms with E-state index in [0.29, 0.717) is 5.56 Å². The van der Waals surface area contributed by atoms with Gasteiger partial charge < -0.3 is 5.32 Å². The molecule has 3 nitrogen and oxygen atoms in total. The molecule has 1 heterocycles. The highest BCUT2D eigenvalue weighted by Crippen LogP contribution is 2.34. The normalized spacial score (nSPS) is 10.9. The molecule has 0 spiro atoms. The number of pyridine rings is 1. The van der Waals surface area contributed by atoms with Gasteiger partial charge in [-0.15, -0.1) is 0 Å². The van der Waals surface area contributed by atoms with Gasteiger partial charge in [-0.1, -0.05) is 12.1 Å². The molecule has 0 bridgehead atoms. The highest BCUT2D eigenvalue weighted by atomic mass is 19.4. The summed E-state index contributed by atoms with van der Waals surface area (Å²) in [4.78, 5) is 3.80. The van der Waals surface area contributed by atoms with Crippen LogP contribution in [0.5, 0.6) is 0 Å². The molecule has 0 aliphatic heterocycles. The molecular formula is C14H10F3N3. The topological polar surface area (TPSA) is 48.7 Å². The van der Waals surface area contributed by atoms with Crippen LogP contribution in [0.1, 0.15) is 16.8 Å². The average Bonchev–Trinajstić information content (AvgIpc) is 2.44.